The van der Waals surface area contributed by atoms with Gasteiger partial charge in [-0.1, -0.05) is 42.5 Å². The highest BCUT2D eigenvalue weighted by Crippen LogP contribution is 2.19. The van der Waals surface area contributed by atoms with Crippen molar-refractivity contribution in [2.75, 3.05) is 23.4 Å². The molecule has 0 spiro atoms. The predicted molar refractivity (Wildman–Crippen MR) is 113 cm³/mol. The molecule has 0 unspecified atom stereocenters. The number of hydrogen-bond donors (Lipinski definition) is 1. The van der Waals surface area contributed by atoms with Gasteiger partial charge in [0.2, 0.25) is 0 Å². The molecule has 3 rings (SSSR count). The lowest BCUT2D eigenvalue weighted by molar-refractivity contribution is 0.866. The third-order valence-corrected chi connectivity index (χ3v) is 4.32. The van der Waals surface area contributed by atoms with Crippen LogP contribution >= 0.6 is 0 Å². The molecule has 5 heteroatoms. The largest absolute Gasteiger partial charge is 0.372 e. The fourth-order valence-corrected chi connectivity index (χ4v) is 2.91. The molecule has 0 aliphatic heterocycles. The van der Waals surface area contributed by atoms with Crippen molar-refractivity contribution in [3.8, 4) is 11.3 Å². The van der Waals surface area contributed by atoms with Gasteiger partial charge >= 0.3 is 0 Å². The van der Waals surface area contributed by atoms with Gasteiger partial charge in [0.25, 0.3) is 0 Å². The predicted octanol–water partition coefficient (Wildman–Crippen LogP) is 4.74. The van der Waals surface area contributed by atoms with Gasteiger partial charge in [0.1, 0.15) is 11.6 Å². The van der Waals surface area contributed by atoms with Crippen molar-refractivity contribution < 1.29 is 0 Å². The monoisotopic (exact) mass is 359 g/mol. The molecule has 1 N–H and O–H groups in total. The Kier molecular flexibility index (Phi) is 6.15. The summed E-state index contributed by atoms with van der Waals surface area (Å²) < 4.78 is 0. The maximum atomic E-state index is 4.51. The zero-order valence-corrected chi connectivity index (χ0v) is 16.1. The molecule has 27 heavy (non-hydrogen) atoms. The Bertz CT molecular complexity index is 884. The van der Waals surface area contributed by atoms with E-state index in [1.165, 1.54) is 5.69 Å². The Morgan fingerprint density at radius 2 is 1.67 bits per heavy atom. The number of benzene rings is 2. The van der Waals surface area contributed by atoms with Gasteiger partial charge in [-0.3, -0.25) is 5.43 Å². The van der Waals surface area contributed by atoms with E-state index in [4.69, 9.17) is 0 Å². The van der Waals surface area contributed by atoms with Crippen LogP contribution in [0, 0.1) is 6.92 Å². The van der Waals surface area contributed by atoms with Crippen LogP contribution in [0.25, 0.3) is 11.3 Å². The summed E-state index contributed by atoms with van der Waals surface area (Å²) in [5.41, 5.74) is 7.21. The van der Waals surface area contributed by atoms with E-state index in [1.54, 1.807) is 6.21 Å². The summed E-state index contributed by atoms with van der Waals surface area (Å²) in [4.78, 5) is 11.2. The molecule has 0 saturated carbocycles. The Morgan fingerprint density at radius 3 is 2.33 bits per heavy atom. The molecule has 0 radical (unpaired) electrons. The summed E-state index contributed by atoms with van der Waals surface area (Å²) in [5, 5.41) is 4.32. The minimum atomic E-state index is 0.678. The molecule has 5 nitrogen and oxygen atoms in total. The molecule has 0 bridgehead atoms. The molecule has 0 aliphatic carbocycles. The Morgan fingerprint density at radius 1 is 0.963 bits per heavy atom. The first kappa shape index (κ1) is 18.6. The topological polar surface area (TPSA) is 53.4 Å². The van der Waals surface area contributed by atoms with E-state index in [0.717, 1.165) is 29.9 Å². The summed E-state index contributed by atoms with van der Waals surface area (Å²) >= 11 is 0. The first-order valence-electron chi connectivity index (χ1n) is 9.24. The molecule has 3 aromatic rings. The van der Waals surface area contributed by atoms with E-state index in [9.17, 15) is 0 Å². The van der Waals surface area contributed by atoms with E-state index in [0.29, 0.717) is 11.6 Å². The van der Waals surface area contributed by atoms with E-state index in [-0.39, 0.29) is 0 Å². The van der Waals surface area contributed by atoms with Gasteiger partial charge in [0, 0.05) is 30.4 Å². The number of aromatic nitrogens is 2. The first-order valence-corrected chi connectivity index (χ1v) is 9.24. The molecule has 0 saturated heterocycles. The SMILES string of the molecule is CCN(CC)c1ccc(/C=N/Nc2cc(-c3ccccc3)nc(C)n2)cc1. The maximum absolute atomic E-state index is 4.51. The Labute approximate surface area is 160 Å². The second-order valence-electron chi connectivity index (χ2n) is 6.19. The third-order valence-electron chi connectivity index (χ3n) is 4.32. The molecule has 0 amide bonds. The van der Waals surface area contributed by atoms with Crippen molar-refractivity contribution >= 4 is 17.7 Å². The standard InChI is InChI=1S/C22H25N5/c1-4-27(5-2)20-13-11-18(12-14-20)16-23-26-22-15-21(24-17(3)25-22)19-9-7-6-8-10-19/h6-16H,4-5H2,1-3H3,(H,24,25,26)/b23-16+. The highest BCUT2D eigenvalue weighted by molar-refractivity contribution is 5.81. The van der Waals surface area contributed by atoms with Crippen LogP contribution < -0.4 is 10.3 Å². The number of hydrazone groups is 1. The van der Waals surface area contributed by atoms with Crippen LogP contribution in [0.3, 0.4) is 0 Å². The van der Waals surface area contributed by atoms with Crippen molar-refractivity contribution in [2.24, 2.45) is 5.10 Å². The average molecular weight is 359 g/mol. The average Bonchev–Trinajstić information content (AvgIpc) is 2.70. The fraction of sp³-hybridized carbons (Fsp3) is 0.227. The van der Waals surface area contributed by atoms with Gasteiger partial charge < -0.3 is 4.90 Å². The van der Waals surface area contributed by atoms with Gasteiger partial charge in [-0.15, -0.1) is 0 Å². The lowest BCUT2D eigenvalue weighted by Crippen LogP contribution is -2.21. The van der Waals surface area contributed by atoms with Gasteiger partial charge in [-0.2, -0.15) is 5.10 Å². The molecule has 138 valence electrons. The molecule has 1 heterocycles. The number of rotatable bonds is 7. The molecule has 0 fully saturated rings. The Balaban J connectivity index is 1.70. The fourth-order valence-electron chi connectivity index (χ4n) is 2.91. The van der Waals surface area contributed by atoms with E-state index in [1.807, 2.05) is 43.3 Å². The Hall–Kier alpha value is -3.21. The molecule has 0 atom stereocenters. The van der Waals surface area contributed by atoms with Crippen LogP contribution in [0.15, 0.2) is 65.8 Å². The lowest BCUT2D eigenvalue weighted by Gasteiger charge is -2.20. The zero-order valence-electron chi connectivity index (χ0n) is 16.1. The van der Waals surface area contributed by atoms with E-state index in [2.05, 4.69) is 63.5 Å². The highest BCUT2D eigenvalue weighted by atomic mass is 15.3. The maximum Gasteiger partial charge on any atom is 0.150 e. The normalized spacial score (nSPS) is 10.9. The van der Waals surface area contributed by atoms with Crippen molar-refractivity contribution in [3.63, 3.8) is 0 Å². The molecular formula is C22H25N5. The van der Waals surface area contributed by atoms with Crippen LogP contribution in [0.5, 0.6) is 0 Å². The van der Waals surface area contributed by atoms with Gasteiger partial charge in [0.15, 0.2) is 0 Å². The summed E-state index contributed by atoms with van der Waals surface area (Å²) in [7, 11) is 0. The summed E-state index contributed by atoms with van der Waals surface area (Å²) in [6, 6.07) is 20.3. The molecule has 2 aromatic carbocycles. The minimum Gasteiger partial charge on any atom is -0.372 e. The summed E-state index contributed by atoms with van der Waals surface area (Å²) in [6.45, 7) is 8.21. The number of aryl methyl sites for hydroxylation is 1. The number of hydrogen-bond acceptors (Lipinski definition) is 5. The van der Waals surface area contributed by atoms with Crippen LogP contribution in [0.1, 0.15) is 25.2 Å². The van der Waals surface area contributed by atoms with Crippen molar-refractivity contribution in [1.82, 2.24) is 9.97 Å². The van der Waals surface area contributed by atoms with Crippen LogP contribution in [-0.2, 0) is 0 Å². The van der Waals surface area contributed by atoms with Crippen molar-refractivity contribution in [1.29, 1.82) is 0 Å². The first-order chi connectivity index (χ1) is 13.2. The smallest absolute Gasteiger partial charge is 0.150 e. The number of nitrogens with zero attached hydrogens (tertiary/aromatic N) is 4. The van der Waals surface area contributed by atoms with Gasteiger partial charge in [-0.25, -0.2) is 9.97 Å². The highest BCUT2D eigenvalue weighted by Gasteiger charge is 2.04. The van der Waals surface area contributed by atoms with Gasteiger partial charge in [0.05, 0.1) is 11.9 Å². The van der Waals surface area contributed by atoms with E-state index >= 15 is 0 Å². The van der Waals surface area contributed by atoms with E-state index < -0.39 is 0 Å². The molecular weight excluding hydrogens is 334 g/mol. The zero-order chi connectivity index (χ0) is 19.1. The second-order valence-corrected chi connectivity index (χ2v) is 6.19. The quantitative estimate of drug-likeness (QED) is 0.489. The summed E-state index contributed by atoms with van der Waals surface area (Å²) in [5.74, 6) is 1.38. The third kappa shape index (κ3) is 4.91. The van der Waals surface area contributed by atoms with Crippen molar-refractivity contribution in [2.45, 2.75) is 20.8 Å². The van der Waals surface area contributed by atoms with Crippen molar-refractivity contribution in [3.05, 3.63) is 72.1 Å². The van der Waals surface area contributed by atoms with Gasteiger partial charge in [-0.05, 0) is 38.5 Å². The number of anilines is 2. The molecule has 0 aliphatic rings. The second kappa shape index (κ2) is 8.94. The van der Waals surface area contributed by atoms with Crippen LogP contribution in [0.2, 0.25) is 0 Å². The van der Waals surface area contributed by atoms with Crippen LogP contribution in [-0.4, -0.2) is 29.3 Å². The van der Waals surface area contributed by atoms with Crippen LogP contribution in [0.4, 0.5) is 11.5 Å². The lowest BCUT2D eigenvalue weighted by atomic mass is 10.1. The summed E-state index contributed by atoms with van der Waals surface area (Å²) in [6.07, 6.45) is 1.80. The minimum absolute atomic E-state index is 0.678. The number of nitrogens with one attached hydrogen (secondary N) is 1. The molecule has 1 aromatic heterocycles.